The molecule has 0 saturated heterocycles. The number of hydrogen-bond acceptors (Lipinski definition) is 3. The van der Waals surface area contributed by atoms with Gasteiger partial charge in [-0.3, -0.25) is 14.4 Å². The van der Waals surface area contributed by atoms with E-state index in [0.29, 0.717) is 26.1 Å². The maximum Gasteiger partial charge on any atom is 0.303 e. The Kier molecular flexibility index (Phi) is 8.61. The van der Waals surface area contributed by atoms with Gasteiger partial charge in [-0.1, -0.05) is 0 Å². The molecule has 0 aliphatic carbocycles. The summed E-state index contributed by atoms with van der Waals surface area (Å²) in [5.74, 6) is -1.11. The highest BCUT2D eigenvalue weighted by Crippen LogP contribution is 1.98. The van der Waals surface area contributed by atoms with E-state index in [1.165, 1.54) is 0 Å². The van der Waals surface area contributed by atoms with E-state index in [9.17, 15) is 14.4 Å². The zero-order valence-electron chi connectivity index (χ0n) is 11.1. The van der Waals surface area contributed by atoms with Crippen molar-refractivity contribution in [2.24, 2.45) is 0 Å². The second-order valence-electron chi connectivity index (χ2n) is 3.91. The van der Waals surface area contributed by atoms with Crippen LogP contribution < -0.4 is 5.32 Å². The minimum Gasteiger partial charge on any atom is -0.481 e. The number of carboxylic acids is 1. The van der Waals surface area contributed by atoms with Gasteiger partial charge in [0, 0.05) is 38.9 Å². The van der Waals surface area contributed by atoms with E-state index in [0.717, 1.165) is 0 Å². The highest BCUT2D eigenvalue weighted by Gasteiger charge is 2.11. The predicted molar refractivity (Wildman–Crippen MR) is 67.0 cm³/mol. The number of nitrogens with one attached hydrogen (secondary N) is 1. The maximum atomic E-state index is 11.6. The SMILES string of the molecule is CCN(CC)C(=O)CCC(=O)NCCCC(=O)O. The lowest BCUT2D eigenvalue weighted by atomic mass is 10.2. The normalized spacial score (nSPS) is 9.89. The van der Waals surface area contributed by atoms with Crippen LogP contribution in [0.2, 0.25) is 0 Å². The molecule has 104 valence electrons. The number of nitrogens with zero attached hydrogens (tertiary/aromatic N) is 1. The lowest BCUT2D eigenvalue weighted by molar-refractivity contribution is -0.137. The van der Waals surface area contributed by atoms with Crippen molar-refractivity contribution in [3.63, 3.8) is 0 Å². The third-order valence-corrected chi connectivity index (χ3v) is 2.57. The van der Waals surface area contributed by atoms with Crippen LogP contribution in [0.4, 0.5) is 0 Å². The molecule has 0 saturated carbocycles. The van der Waals surface area contributed by atoms with Crippen molar-refractivity contribution in [3.05, 3.63) is 0 Å². The van der Waals surface area contributed by atoms with Crippen molar-refractivity contribution in [1.29, 1.82) is 0 Å². The van der Waals surface area contributed by atoms with Gasteiger partial charge in [0.05, 0.1) is 0 Å². The fourth-order valence-corrected chi connectivity index (χ4v) is 1.51. The molecular weight excluding hydrogens is 236 g/mol. The van der Waals surface area contributed by atoms with Gasteiger partial charge in [-0.25, -0.2) is 0 Å². The summed E-state index contributed by atoms with van der Waals surface area (Å²) in [6, 6.07) is 0. The van der Waals surface area contributed by atoms with Crippen molar-refractivity contribution < 1.29 is 19.5 Å². The largest absolute Gasteiger partial charge is 0.481 e. The van der Waals surface area contributed by atoms with Gasteiger partial charge in [0.1, 0.15) is 0 Å². The van der Waals surface area contributed by atoms with Gasteiger partial charge in [0.2, 0.25) is 11.8 Å². The number of carboxylic acid groups (broad SMARTS) is 1. The van der Waals surface area contributed by atoms with Crippen LogP contribution in [0.1, 0.15) is 39.5 Å². The van der Waals surface area contributed by atoms with Crippen LogP contribution in [-0.2, 0) is 14.4 Å². The first-order valence-corrected chi connectivity index (χ1v) is 6.27. The number of rotatable bonds is 9. The summed E-state index contributed by atoms with van der Waals surface area (Å²) in [5.41, 5.74) is 0. The molecule has 0 aromatic carbocycles. The zero-order chi connectivity index (χ0) is 14.0. The van der Waals surface area contributed by atoms with Crippen LogP contribution in [-0.4, -0.2) is 47.4 Å². The Morgan fingerprint density at radius 3 is 2.17 bits per heavy atom. The third kappa shape index (κ3) is 7.65. The topological polar surface area (TPSA) is 86.7 Å². The Hall–Kier alpha value is -1.59. The standard InChI is InChI=1S/C12H22N2O4/c1-3-14(4-2)11(16)8-7-10(15)13-9-5-6-12(17)18/h3-9H2,1-2H3,(H,13,15)(H,17,18). The van der Waals surface area contributed by atoms with E-state index >= 15 is 0 Å². The van der Waals surface area contributed by atoms with Gasteiger partial charge in [0.15, 0.2) is 0 Å². The van der Waals surface area contributed by atoms with Crippen molar-refractivity contribution in [3.8, 4) is 0 Å². The molecule has 0 heterocycles. The number of carbonyl (C=O) groups is 3. The predicted octanol–water partition coefficient (Wildman–Crippen LogP) is 0.616. The molecule has 0 aromatic rings. The summed E-state index contributed by atoms with van der Waals surface area (Å²) >= 11 is 0. The summed E-state index contributed by atoms with van der Waals surface area (Å²) in [4.78, 5) is 34.9. The fraction of sp³-hybridized carbons (Fsp3) is 0.750. The van der Waals surface area contributed by atoms with Crippen LogP contribution in [0, 0.1) is 0 Å². The summed E-state index contributed by atoms with van der Waals surface area (Å²) in [7, 11) is 0. The molecule has 0 bridgehead atoms. The van der Waals surface area contributed by atoms with Gasteiger partial charge >= 0.3 is 5.97 Å². The molecule has 0 aliphatic heterocycles. The Morgan fingerprint density at radius 1 is 1.06 bits per heavy atom. The van der Waals surface area contributed by atoms with Crippen LogP contribution in [0.5, 0.6) is 0 Å². The number of aliphatic carboxylic acids is 1. The van der Waals surface area contributed by atoms with E-state index < -0.39 is 5.97 Å². The van der Waals surface area contributed by atoms with Crippen LogP contribution in [0.3, 0.4) is 0 Å². The van der Waals surface area contributed by atoms with Crippen LogP contribution in [0.15, 0.2) is 0 Å². The monoisotopic (exact) mass is 258 g/mol. The molecule has 0 atom stereocenters. The van der Waals surface area contributed by atoms with Gasteiger partial charge in [-0.15, -0.1) is 0 Å². The smallest absolute Gasteiger partial charge is 0.303 e. The Balaban J connectivity index is 3.70. The van der Waals surface area contributed by atoms with Crippen LogP contribution in [0.25, 0.3) is 0 Å². The summed E-state index contributed by atoms with van der Waals surface area (Å²) in [6.45, 7) is 5.43. The Bertz CT molecular complexity index is 288. The number of hydrogen-bond donors (Lipinski definition) is 2. The van der Waals surface area contributed by atoms with E-state index in [2.05, 4.69) is 5.32 Å². The molecule has 2 N–H and O–H groups in total. The van der Waals surface area contributed by atoms with Gasteiger partial charge in [-0.2, -0.15) is 0 Å². The summed E-state index contributed by atoms with van der Waals surface area (Å²) < 4.78 is 0. The lowest BCUT2D eigenvalue weighted by Gasteiger charge is -2.18. The van der Waals surface area contributed by atoms with Crippen molar-refractivity contribution in [2.75, 3.05) is 19.6 Å². The average Bonchev–Trinajstić information content (AvgIpc) is 2.33. The quantitative estimate of drug-likeness (QED) is 0.593. The third-order valence-electron chi connectivity index (χ3n) is 2.57. The van der Waals surface area contributed by atoms with Crippen LogP contribution >= 0.6 is 0 Å². The van der Waals surface area contributed by atoms with E-state index in [-0.39, 0.29) is 31.1 Å². The molecule has 0 spiro atoms. The van der Waals surface area contributed by atoms with E-state index in [1.807, 2.05) is 13.8 Å². The second kappa shape index (κ2) is 9.44. The first-order chi connectivity index (χ1) is 8.51. The first-order valence-electron chi connectivity index (χ1n) is 6.27. The molecule has 0 unspecified atom stereocenters. The fourth-order valence-electron chi connectivity index (χ4n) is 1.51. The van der Waals surface area contributed by atoms with Crippen molar-refractivity contribution >= 4 is 17.8 Å². The molecule has 6 heteroatoms. The highest BCUT2D eigenvalue weighted by molar-refractivity contribution is 5.83. The van der Waals surface area contributed by atoms with E-state index in [4.69, 9.17) is 5.11 Å². The molecular formula is C12H22N2O4. The number of carbonyl (C=O) groups excluding carboxylic acids is 2. The first kappa shape index (κ1) is 16.4. The van der Waals surface area contributed by atoms with Gasteiger partial charge in [0.25, 0.3) is 0 Å². The molecule has 0 aliphatic rings. The molecule has 18 heavy (non-hydrogen) atoms. The highest BCUT2D eigenvalue weighted by atomic mass is 16.4. The molecule has 0 fully saturated rings. The Morgan fingerprint density at radius 2 is 1.67 bits per heavy atom. The molecule has 0 rings (SSSR count). The van der Waals surface area contributed by atoms with Gasteiger partial charge < -0.3 is 15.3 Å². The number of amides is 2. The molecule has 0 radical (unpaired) electrons. The molecule has 6 nitrogen and oxygen atoms in total. The minimum absolute atomic E-state index is 0.0271. The van der Waals surface area contributed by atoms with E-state index in [1.54, 1.807) is 4.90 Å². The average molecular weight is 258 g/mol. The minimum atomic E-state index is -0.874. The van der Waals surface area contributed by atoms with Crippen molar-refractivity contribution in [2.45, 2.75) is 39.5 Å². The maximum absolute atomic E-state index is 11.6. The Labute approximate surface area is 107 Å². The van der Waals surface area contributed by atoms with Gasteiger partial charge in [-0.05, 0) is 20.3 Å². The molecule has 0 aromatic heterocycles. The second-order valence-corrected chi connectivity index (χ2v) is 3.91. The lowest BCUT2D eigenvalue weighted by Crippen LogP contribution is -2.32. The zero-order valence-corrected chi connectivity index (χ0v) is 11.1. The van der Waals surface area contributed by atoms with Crippen molar-refractivity contribution in [1.82, 2.24) is 10.2 Å². The summed E-state index contributed by atoms with van der Waals surface area (Å²) in [6.07, 6.45) is 0.804. The summed E-state index contributed by atoms with van der Waals surface area (Å²) in [5, 5.41) is 11.0. The molecule has 2 amide bonds.